The Bertz CT molecular complexity index is 749. The number of aryl methyl sites for hydroxylation is 1. The lowest BCUT2D eigenvalue weighted by atomic mass is 10.1. The number of carbonyl (C=O) groups excluding carboxylic acids is 1. The number of thiophene rings is 1. The molecule has 0 unspecified atom stereocenters. The van der Waals surface area contributed by atoms with Crippen molar-refractivity contribution in [3.05, 3.63) is 70.7 Å². The van der Waals surface area contributed by atoms with Gasteiger partial charge in [-0.2, -0.15) is 5.10 Å². The van der Waals surface area contributed by atoms with E-state index >= 15 is 0 Å². The van der Waals surface area contributed by atoms with Crippen molar-refractivity contribution in [2.75, 3.05) is 7.05 Å². The zero-order chi connectivity index (χ0) is 16.8. The van der Waals surface area contributed by atoms with Gasteiger partial charge < -0.3 is 4.90 Å². The van der Waals surface area contributed by atoms with Gasteiger partial charge in [0.05, 0.1) is 5.69 Å². The molecule has 3 rings (SSSR count). The molecule has 4 nitrogen and oxygen atoms in total. The van der Waals surface area contributed by atoms with E-state index in [4.69, 9.17) is 0 Å². The minimum absolute atomic E-state index is 0.197. The van der Waals surface area contributed by atoms with E-state index in [1.54, 1.807) is 22.4 Å². The Kier molecular flexibility index (Phi) is 5.43. The van der Waals surface area contributed by atoms with Crippen LogP contribution in [0.3, 0.4) is 0 Å². The Morgan fingerprint density at radius 3 is 2.71 bits per heavy atom. The number of amides is 1. The van der Waals surface area contributed by atoms with Crippen molar-refractivity contribution < 1.29 is 4.79 Å². The maximum absolute atomic E-state index is 12.2. The number of rotatable bonds is 7. The van der Waals surface area contributed by atoms with Gasteiger partial charge in [0.25, 0.3) is 0 Å². The highest BCUT2D eigenvalue weighted by Gasteiger charge is 2.09. The highest BCUT2D eigenvalue weighted by atomic mass is 32.1. The Morgan fingerprint density at radius 1 is 1.21 bits per heavy atom. The summed E-state index contributed by atoms with van der Waals surface area (Å²) in [7, 11) is 1.87. The van der Waals surface area contributed by atoms with E-state index in [2.05, 4.69) is 22.6 Å². The Balaban J connectivity index is 1.48. The summed E-state index contributed by atoms with van der Waals surface area (Å²) in [6.45, 7) is 0.636. The van der Waals surface area contributed by atoms with Gasteiger partial charge in [0.1, 0.15) is 0 Å². The molecule has 0 N–H and O–H groups in total. The van der Waals surface area contributed by atoms with Gasteiger partial charge in [0.15, 0.2) is 0 Å². The van der Waals surface area contributed by atoms with Crippen LogP contribution in [0, 0.1) is 0 Å². The standard InChI is InChI=1S/C19H21N3OS/c1-21(19(23)7-2-5-18-6-3-14-24-18)15-16-8-10-17(11-9-16)22-13-4-12-20-22/h3-4,6,8-14H,2,5,7,15H2,1H3. The largest absolute Gasteiger partial charge is 0.341 e. The third-order valence-electron chi connectivity index (χ3n) is 3.94. The predicted molar refractivity (Wildman–Crippen MR) is 97.3 cm³/mol. The molecule has 0 saturated heterocycles. The van der Waals surface area contributed by atoms with Crippen LogP contribution < -0.4 is 0 Å². The van der Waals surface area contributed by atoms with Crippen LogP contribution in [-0.2, 0) is 17.8 Å². The fourth-order valence-corrected chi connectivity index (χ4v) is 3.35. The van der Waals surface area contributed by atoms with Crippen molar-refractivity contribution in [3.63, 3.8) is 0 Å². The first-order chi connectivity index (χ1) is 11.7. The van der Waals surface area contributed by atoms with Gasteiger partial charge in [-0.05, 0) is 48.1 Å². The molecule has 2 aromatic heterocycles. The van der Waals surface area contributed by atoms with Crippen molar-refractivity contribution in [2.24, 2.45) is 0 Å². The lowest BCUT2D eigenvalue weighted by Crippen LogP contribution is -2.25. The van der Waals surface area contributed by atoms with E-state index in [1.807, 2.05) is 48.3 Å². The molecule has 0 aliphatic rings. The van der Waals surface area contributed by atoms with Crippen LogP contribution in [0.1, 0.15) is 23.3 Å². The Labute approximate surface area is 146 Å². The Morgan fingerprint density at radius 2 is 2.04 bits per heavy atom. The zero-order valence-corrected chi connectivity index (χ0v) is 14.6. The molecule has 0 spiro atoms. The van der Waals surface area contributed by atoms with Gasteiger partial charge in [-0.1, -0.05) is 18.2 Å². The lowest BCUT2D eigenvalue weighted by Gasteiger charge is -2.17. The fraction of sp³-hybridized carbons (Fsp3) is 0.263. The molecule has 24 heavy (non-hydrogen) atoms. The quantitative estimate of drug-likeness (QED) is 0.654. The minimum atomic E-state index is 0.197. The SMILES string of the molecule is CN(Cc1ccc(-n2cccn2)cc1)C(=O)CCCc1cccs1. The van der Waals surface area contributed by atoms with Gasteiger partial charge in [0.2, 0.25) is 5.91 Å². The van der Waals surface area contributed by atoms with Crippen molar-refractivity contribution in [1.82, 2.24) is 14.7 Å². The topological polar surface area (TPSA) is 38.1 Å². The molecule has 1 aromatic carbocycles. The monoisotopic (exact) mass is 339 g/mol. The van der Waals surface area contributed by atoms with Crippen LogP contribution in [0.15, 0.2) is 60.2 Å². The van der Waals surface area contributed by atoms with Gasteiger partial charge in [-0.25, -0.2) is 4.68 Å². The number of nitrogens with zero attached hydrogens (tertiary/aromatic N) is 3. The second kappa shape index (κ2) is 7.93. The van der Waals surface area contributed by atoms with Crippen molar-refractivity contribution in [2.45, 2.75) is 25.8 Å². The second-order valence-corrected chi connectivity index (χ2v) is 6.83. The van der Waals surface area contributed by atoms with Gasteiger partial charge in [-0.15, -0.1) is 11.3 Å². The minimum Gasteiger partial charge on any atom is -0.341 e. The molecule has 124 valence electrons. The van der Waals surface area contributed by atoms with Crippen LogP contribution in [0.25, 0.3) is 5.69 Å². The lowest BCUT2D eigenvalue weighted by molar-refractivity contribution is -0.130. The molecule has 0 aliphatic heterocycles. The van der Waals surface area contributed by atoms with Gasteiger partial charge >= 0.3 is 0 Å². The summed E-state index contributed by atoms with van der Waals surface area (Å²) in [5.74, 6) is 0.197. The van der Waals surface area contributed by atoms with Crippen molar-refractivity contribution in [1.29, 1.82) is 0 Å². The van der Waals surface area contributed by atoms with Crippen LogP contribution in [0.5, 0.6) is 0 Å². The summed E-state index contributed by atoms with van der Waals surface area (Å²) in [4.78, 5) is 15.4. The van der Waals surface area contributed by atoms with Gasteiger partial charge in [-0.3, -0.25) is 4.79 Å². The summed E-state index contributed by atoms with van der Waals surface area (Å²) in [5.41, 5.74) is 2.15. The predicted octanol–water partition coefficient (Wildman–Crippen LogP) is 3.92. The molecular weight excluding hydrogens is 318 g/mol. The summed E-state index contributed by atoms with van der Waals surface area (Å²) in [6.07, 6.45) is 6.16. The zero-order valence-electron chi connectivity index (χ0n) is 13.8. The fourth-order valence-electron chi connectivity index (χ4n) is 2.60. The number of benzene rings is 1. The molecule has 0 atom stereocenters. The van der Waals surface area contributed by atoms with E-state index in [0.29, 0.717) is 13.0 Å². The summed E-state index contributed by atoms with van der Waals surface area (Å²) in [5, 5.41) is 6.29. The van der Waals surface area contributed by atoms with Crippen molar-refractivity contribution >= 4 is 17.2 Å². The molecule has 0 radical (unpaired) electrons. The third-order valence-corrected chi connectivity index (χ3v) is 4.88. The molecule has 2 heterocycles. The molecule has 0 fully saturated rings. The highest BCUT2D eigenvalue weighted by molar-refractivity contribution is 7.09. The molecule has 0 bridgehead atoms. The van der Waals surface area contributed by atoms with E-state index in [0.717, 1.165) is 24.1 Å². The third kappa shape index (κ3) is 4.32. The molecule has 5 heteroatoms. The van der Waals surface area contributed by atoms with Crippen LogP contribution in [0.4, 0.5) is 0 Å². The number of aromatic nitrogens is 2. The van der Waals surface area contributed by atoms with Crippen molar-refractivity contribution in [3.8, 4) is 5.69 Å². The summed E-state index contributed by atoms with van der Waals surface area (Å²) < 4.78 is 1.82. The Hall–Kier alpha value is -2.40. The molecular formula is C19H21N3OS. The smallest absolute Gasteiger partial charge is 0.222 e. The number of hydrogen-bond donors (Lipinski definition) is 0. The van der Waals surface area contributed by atoms with E-state index in [9.17, 15) is 4.79 Å². The van der Waals surface area contributed by atoms with E-state index < -0.39 is 0 Å². The van der Waals surface area contributed by atoms with Crippen LogP contribution in [-0.4, -0.2) is 27.6 Å². The maximum Gasteiger partial charge on any atom is 0.222 e. The first-order valence-electron chi connectivity index (χ1n) is 8.08. The second-order valence-electron chi connectivity index (χ2n) is 5.80. The normalized spacial score (nSPS) is 10.7. The first-order valence-corrected chi connectivity index (χ1v) is 8.95. The number of carbonyl (C=O) groups is 1. The average molecular weight is 339 g/mol. The average Bonchev–Trinajstić information content (AvgIpc) is 3.29. The molecule has 1 amide bonds. The molecule has 0 aliphatic carbocycles. The molecule has 0 saturated carbocycles. The maximum atomic E-state index is 12.2. The van der Waals surface area contributed by atoms with E-state index in [-0.39, 0.29) is 5.91 Å². The van der Waals surface area contributed by atoms with E-state index in [1.165, 1.54) is 4.88 Å². The number of hydrogen-bond acceptors (Lipinski definition) is 3. The first kappa shape index (κ1) is 16.5. The summed E-state index contributed by atoms with van der Waals surface area (Å²) in [6, 6.07) is 14.2. The molecule has 3 aromatic rings. The highest BCUT2D eigenvalue weighted by Crippen LogP contribution is 2.14. The van der Waals surface area contributed by atoms with Gasteiger partial charge in [0, 0.05) is 37.3 Å². The summed E-state index contributed by atoms with van der Waals surface area (Å²) >= 11 is 1.75. The van der Waals surface area contributed by atoms with Crippen LogP contribution in [0.2, 0.25) is 0 Å². The van der Waals surface area contributed by atoms with Crippen LogP contribution >= 0.6 is 11.3 Å².